The molecule has 2 amide bonds. The van der Waals surface area contributed by atoms with E-state index in [4.69, 9.17) is 19.2 Å². The number of imide groups is 1. The average Bonchev–Trinajstić information content (AvgIpc) is 3.97. The first kappa shape index (κ1) is 44.7. The SMILES string of the molecule is CCc1c(F)ccc2cc(O)cc(-c3ncc4c(N5CCC[C@@](C)(O)C5)nc(OCC5(CN6CCC(N7CCC(c8ccc9c(C%10CCC(=O)NC%10=O)noc9c8)CC7)CC6)CC5)nc4c3F)c12. The summed E-state index contributed by atoms with van der Waals surface area (Å²) in [5, 5.41) is 30.8. The van der Waals surface area contributed by atoms with Gasteiger partial charge in [-0.15, -0.1) is 0 Å². The van der Waals surface area contributed by atoms with Crippen molar-refractivity contribution >= 4 is 50.3 Å². The minimum absolute atomic E-state index is 0.0126. The molecule has 1 aliphatic carbocycles. The molecule has 7 heterocycles. The van der Waals surface area contributed by atoms with Gasteiger partial charge in [-0.05, 0) is 155 Å². The number of pyridine rings is 1. The first-order chi connectivity index (χ1) is 32.8. The number of phenolic OH excluding ortho intramolecular Hbond substituents is 1. The van der Waals surface area contributed by atoms with E-state index in [-0.39, 0.29) is 45.8 Å². The molecule has 2 atom stereocenters. The van der Waals surface area contributed by atoms with Crippen LogP contribution in [-0.2, 0) is 16.0 Å². The molecule has 3 aromatic carbocycles. The summed E-state index contributed by atoms with van der Waals surface area (Å²) >= 11 is 0. The fourth-order valence-corrected chi connectivity index (χ4v) is 11.6. The number of aromatic nitrogens is 4. The van der Waals surface area contributed by atoms with Crippen molar-refractivity contribution in [2.24, 2.45) is 5.41 Å². The van der Waals surface area contributed by atoms with Crippen molar-refractivity contribution in [1.29, 1.82) is 0 Å². The van der Waals surface area contributed by atoms with E-state index < -0.39 is 23.2 Å². The van der Waals surface area contributed by atoms with Gasteiger partial charge >= 0.3 is 6.01 Å². The van der Waals surface area contributed by atoms with Gasteiger partial charge in [0.2, 0.25) is 11.8 Å². The Labute approximate surface area is 393 Å². The highest BCUT2D eigenvalue weighted by atomic mass is 19.1. The second kappa shape index (κ2) is 17.6. The lowest BCUT2D eigenvalue weighted by molar-refractivity contribution is -0.134. The Kier molecular flexibility index (Phi) is 11.6. The number of aryl methyl sites for hydroxylation is 1. The molecule has 1 saturated carbocycles. The number of aromatic hydroxyl groups is 1. The largest absolute Gasteiger partial charge is 0.508 e. The number of carbonyl (C=O) groups excluding carboxylic acids is 2. The summed E-state index contributed by atoms with van der Waals surface area (Å²) < 4.78 is 44.5. The first-order valence-corrected chi connectivity index (χ1v) is 24.4. The maximum absolute atomic E-state index is 17.1. The van der Waals surface area contributed by atoms with Crippen molar-refractivity contribution in [3.05, 3.63) is 77.1 Å². The Morgan fingerprint density at radius 2 is 1.75 bits per heavy atom. The fourth-order valence-electron chi connectivity index (χ4n) is 11.6. The third-order valence-electron chi connectivity index (χ3n) is 15.6. The number of ether oxygens (including phenoxy) is 1. The second-order valence-corrected chi connectivity index (χ2v) is 20.4. The summed E-state index contributed by atoms with van der Waals surface area (Å²) in [6.07, 6.45) is 10.3. The van der Waals surface area contributed by atoms with Crippen molar-refractivity contribution in [2.45, 2.75) is 108 Å². The molecule has 6 aromatic rings. The lowest BCUT2D eigenvalue weighted by atomic mass is 9.87. The second-order valence-electron chi connectivity index (χ2n) is 20.4. The van der Waals surface area contributed by atoms with E-state index >= 15 is 8.78 Å². The predicted octanol–water partition coefficient (Wildman–Crippen LogP) is 7.91. The number of aliphatic hydroxyl groups is 1. The van der Waals surface area contributed by atoms with Crippen LogP contribution in [0, 0.1) is 17.0 Å². The quantitative estimate of drug-likeness (QED) is 0.107. The predicted molar refractivity (Wildman–Crippen MR) is 253 cm³/mol. The number of halogens is 2. The number of rotatable bonds is 11. The summed E-state index contributed by atoms with van der Waals surface area (Å²) in [6.45, 7) is 9.90. The number of anilines is 1. The van der Waals surface area contributed by atoms with Gasteiger partial charge in [-0.3, -0.25) is 19.9 Å². The molecule has 5 fully saturated rings. The van der Waals surface area contributed by atoms with Gasteiger partial charge in [0.1, 0.15) is 34.3 Å². The maximum atomic E-state index is 17.1. The highest BCUT2D eigenvalue weighted by Crippen LogP contribution is 2.47. The smallest absolute Gasteiger partial charge is 0.319 e. The topological polar surface area (TPSA) is 170 Å². The number of phenols is 1. The molecule has 4 saturated heterocycles. The molecule has 3 aromatic heterocycles. The molecule has 16 heteroatoms. The van der Waals surface area contributed by atoms with Crippen LogP contribution in [0.1, 0.15) is 107 Å². The molecular weight excluding hydrogens is 871 g/mol. The van der Waals surface area contributed by atoms with E-state index in [0.29, 0.717) is 96.2 Å². The highest BCUT2D eigenvalue weighted by Gasteiger charge is 2.46. The number of piperidine rings is 4. The molecule has 5 aliphatic rings. The van der Waals surface area contributed by atoms with Gasteiger partial charge in [-0.2, -0.15) is 9.97 Å². The number of hydrogen-bond donors (Lipinski definition) is 3. The highest BCUT2D eigenvalue weighted by molar-refractivity contribution is 6.03. The van der Waals surface area contributed by atoms with Crippen molar-refractivity contribution in [1.82, 2.24) is 35.2 Å². The number of fused-ring (bicyclic) bond motifs is 3. The third-order valence-corrected chi connectivity index (χ3v) is 15.6. The van der Waals surface area contributed by atoms with Crippen molar-refractivity contribution in [3.63, 3.8) is 0 Å². The molecule has 356 valence electrons. The van der Waals surface area contributed by atoms with Crippen LogP contribution in [0.5, 0.6) is 11.8 Å². The normalized spacial score (nSPS) is 23.2. The van der Waals surface area contributed by atoms with Gasteiger partial charge in [-0.25, -0.2) is 8.78 Å². The molecule has 68 heavy (non-hydrogen) atoms. The van der Waals surface area contributed by atoms with Crippen LogP contribution in [0.15, 0.2) is 53.2 Å². The summed E-state index contributed by atoms with van der Waals surface area (Å²) in [4.78, 5) is 45.5. The number of likely N-dealkylation sites (tertiary alicyclic amines) is 2. The molecular formula is C52H58F2N8O6. The van der Waals surface area contributed by atoms with Crippen molar-refractivity contribution in [3.8, 4) is 23.0 Å². The summed E-state index contributed by atoms with van der Waals surface area (Å²) in [5.74, 6) is -1.40. The van der Waals surface area contributed by atoms with Crippen molar-refractivity contribution in [2.75, 3.05) is 57.3 Å². The molecule has 1 unspecified atom stereocenters. The van der Waals surface area contributed by atoms with Crippen LogP contribution in [0.25, 0.3) is 43.9 Å². The number of benzene rings is 3. The Bertz CT molecular complexity index is 2940. The molecule has 14 nitrogen and oxygen atoms in total. The summed E-state index contributed by atoms with van der Waals surface area (Å²) in [7, 11) is 0. The van der Waals surface area contributed by atoms with Crippen molar-refractivity contribution < 1.29 is 37.8 Å². The van der Waals surface area contributed by atoms with Crippen LogP contribution in [0.4, 0.5) is 14.6 Å². The Balaban J connectivity index is 0.752. The molecule has 0 spiro atoms. The van der Waals surface area contributed by atoms with Gasteiger partial charge in [0.25, 0.3) is 0 Å². The van der Waals surface area contributed by atoms with E-state index in [1.165, 1.54) is 23.9 Å². The summed E-state index contributed by atoms with van der Waals surface area (Å²) in [6, 6.07) is 12.7. The molecule has 0 radical (unpaired) electrons. The number of carbonyl (C=O) groups is 2. The minimum Gasteiger partial charge on any atom is -0.508 e. The van der Waals surface area contributed by atoms with Gasteiger partial charge in [0.05, 0.1) is 23.5 Å². The Morgan fingerprint density at radius 1 is 0.941 bits per heavy atom. The lowest BCUT2D eigenvalue weighted by Gasteiger charge is -2.42. The number of amides is 2. The number of hydrogen-bond acceptors (Lipinski definition) is 13. The number of β-amino-alcohol motifs (C(OH)–C–C–N with tert-alkyl or cyclic N) is 1. The van der Waals surface area contributed by atoms with Crippen LogP contribution in [0.2, 0.25) is 0 Å². The monoisotopic (exact) mass is 928 g/mol. The molecule has 11 rings (SSSR count). The lowest BCUT2D eigenvalue weighted by Crippen LogP contribution is -2.48. The maximum Gasteiger partial charge on any atom is 0.319 e. The van der Waals surface area contributed by atoms with Gasteiger partial charge < -0.3 is 34.2 Å². The number of nitrogens with one attached hydrogen (secondary N) is 1. The fraction of sp³-hybridized carbons (Fsp3) is 0.500. The zero-order chi connectivity index (χ0) is 46.9. The molecule has 3 N–H and O–H groups in total. The molecule has 0 bridgehead atoms. The zero-order valence-electron chi connectivity index (χ0n) is 38.7. The van der Waals surface area contributed by atoms with Crippen LogP contribution in [-0.4, -0.2) is 116 Å². The zero-order valence-corrected chi connectivity index (χ0v) is 38.7. The minimum atomic E-state index is -0.964. The van der Waals surface area contributed by atoms with E-state index in [0.717, 1.165) is 83.1 Å². The van der Waals surface area contributed by atoms with Gasteiger partial charge in [0.15, 0.2) is 11.4 Å². The molecule has 4 aliphatic heterocycles. The van der Waals surface area contributed by atoms with Crippen LogP contribution in [0.3, 0.4) is 0 Å². The van der Waals surface area contributed by atoms with Gasteiger partial charge in [-0.1, -0.05) is 24.2 Å². The van der Waals surface area contributed by atoms with Crippen LogP contribution < -0.4 is 15.0 Å². The Morgan fingerprint density at radius 3 is 2.50 bits per heavy atom. The Hall–Kier alpha value is -5.84. The van der Waals surface area contributed by atoms with E-state index in [9.17, 15) is 19.8 Å². The van der Waals surface area contributed by atoms with E-state index in [1.807, 2.05) is 17.9 Å². The third kappa shape index (κ3) is 8.52. The van der Waals surface area contributed by atoms with Crippen LogP contribution >= 0.6 is 0 Å². The standard InChI is InChI=1S/C52H58F2N8O6/c1-3-35-40(53)9-6-32-23-34(63)25-38(43(32)35)46-44(54)47-39(26-55-46)48(62-18-4-15-51(2,66)27-62)58-50(57-47)67-29-52(16-17-52)28-60-19-13-33(14-20-60)61-21-11-30(12-22-61)31-5-7-36-41(24-31)68-59-45(36)37-8-10-42(64)56-49(37)65/h5-7,9,23-26,30,33,37,63,66H,3-4,8,10-22,27-29H2,1-2H3,(H,56,64,65)/t37?,51-/m1/s1. The number of nitrogens with zero attached hydrogens (tertiary/aromatic N) is 7. The average molecular weight is 929 g/mol. The first-order valence-electron chi connectivity index (χ1n) is 24.4. The summed E-state index contributed by atoms with van der Waals surface area (Å²) in [5.41, 5.74) is 2.13. The van der Waals surface area contributed by atoms with Gasteiger partial charge in [0, 0.05) is 54.7 Å². The van der Waals surface area contributed by atoms with E-state index in [1.54, 1.807) is 19.1 Å². The van der Waals surface area contributed by atoms with E-state index in [2.05, 4.69) is 37.4 Å².